The number of carbonyl (C=O) groups excluding carboxylic acids is 1. The molecule has 0 N–H and O–H groups in total. The lowest BCUT2D eigenvalue weighted by Crippen LogP contribution is -2.40. The Morgan fingerprint density at radius 2 is 2.00 bits per heavy atom. The number of anilines is 1. The fourth-order valence-corrected chi connectivity index (χ4v) is 4.22. The molecule has 25 heavy (non-hydrogen) atoms. The minimum absolute atomic E-state index is 0.00590. The monoisotopic (exact) mass is 359 g/mol. The molecule has 1 aromatic carbocycles. The molecule has 2 aliphatic heterocycles. The van der Waals surface area contributed by atoms with Crippen molar-refractivity contribution in [2.45, 2.75) is 39.3 Å². The fraction of sp³-hybridized carbons (Fsp3) is 0.500. The summed E-state index contributed by atoms with van der Waals surface area (Å²) in [6.45, 7) is 7.23. The first-order valence-electron chi connectivity index (χ1n) is 8.79. The van der Waals surface area contributed by atoms with Gasteiger partial charge in [0, 0.05) is 25.2 Å². The van der Waals surface area contributed by atoms with Gasteiger partial charge in [-0.15, -0.1) is 10.2 Å². The summed E-state index contributed by atoms with van der Waals surface area (Å²) in [5.41, 5.74) is 1.66. The van der Waals surface area contributed by atoms with Gasteiger partial charge in [0.15, 0.2) is 5.82 Å². The summed E-state index contributed by atoms with van der Waals surface area (Å²) in [6, 6.07) is 5.83. The number of hydrogen-bond acceptors (Lipinski definition) is 4. The molecule has 1 amide bonds. The van der Waals surface area contributed by atoms with Crippen molar-refractivity contribution < 1.29 is 4.79 Å². The molecule has 4 rings (SSSR count). The van der Waals surface area contributed by atoms with Gasteiger partial charge in [-0.1, -0.05) is 11.6 Å². The second kappa shape index (κ2) is 6.33. The largest absolute Gasteiger partial charge is 0.370 e. The summed E-state index contributed by atoms with van der Waals surface area (Å²) in [5, 5.41) is 8.99. The van der Waals surface area contributed by atoms with Crippen LogP contribution >= 0.6 is 11.6 Å². The van der Waals surface area contributed by atoms with E-state index in [2.05, 4.69) is 26.6 Å². The molecule has 0 radical (unpaired) electrons. The highest BCUT2D eigenvalue weighted by Crippen LogP contribution is 2.30. The Labute approximate surface area is 152 Å². The van der Waals surface area contributed by atoms with Gasteiger partial charge in [0.2, 0.25) is 0 Å². The van der Waals surface area contributed by atoms with E-state index in [-0.39, 0.29) is 11.9 Å². The minimum Gasteiger partial charge on any atom is -0.370 e. The standard InChI is InChI=1S/C18H22ClN5O/c1-12-10-23(11-17-21-20-13(2)24(12)17)18(25)14-5-6-16(15(19)9-14)22-7-3-4-8-22/h5-6,9,12H,3-4,7-8,10-11H2,1-2H3. The second-order valence-electron chi connectivity index (χ2n) is 6.93. The van der Waals surface area contributed by atoms with Gasteiger partial charge in [-0.05, 0) is 44.9 Å². The molecule has 132 valence electrons. The summed E-state index contributed by atoms with van der Waals surface area (Å²) in [7, 11) is 0. The van der Waals surface area contributed by atoms with Crippen LogP contribution in [0.2, 0.25) is 5.02 Å². The zero-order valence-electron chi connectivity index (χ0n) is 14.6. The zero-order valence-corrected chi connectivity index (χ0v) is 15.3. The topological polar surface area (TPSA) is 54.3 Å². The number of aromatic nitrogens is 3. The number of amides is 1. The summed E-state index contributed by atoms with van der Waals surface area (Å²) in [4.78, 5) is 17.1. The van der Waals surface area contributed by atoms with E-state index < -0.39 is 0 Å². The van der Waals surface area contributed by atoms with Crippen LogP contribution in [0.1, 0.15) is 47.8 Å². The molecule has 1 fully saturated rings. The third kappa shape index (κ3) is 2.88. The third-order valence-electron chi connectivity index (χ3n) is 5.12. The van der Waals surface area contributed by atoms with Crippen LogP contribution in [0.15, 0.2) is 18.2 Å². The highest BCUT2D eigenvalue weighted by atomic mass is 35.5. The normalized spacial score (nSPS) is 20.0. The first kappa shape index (κ1) is 16.4. The fourth-order valence-electron chi connectivity index (χ4n) is 3.92. The molecule has 0 aliphatic carbocycles. The minimum atomic E-state index is -0.00590. The predicted molar refractivity (Wildman–Crippen MR) is 97.1 cm³/mol. The zero-order chi connectivity index (χ0) is 17.6. The smallest absolute Gasteiger partial charge is 0.254 e. The number of benzene rings is 1. The lowest BCUT2D eigenvalue weighted by molar-refractivity contribution is 0.0680. The maximum Gasteiger partial charge on any atom is 0.254 e. The van der Waals surface area contributed by atoms with Crippen LogP contribution < -0.4 is 4.90 Å². The van der Waals surface area contributed by atoms with Gasteiger partial charge in [0.25, 0.3) is 5.91 Å². The molecule has 1 atom stereocenters. The molecule has 0 spiro atoms. The number of nitrogens with zero attached hydrogens (tertiary/aromatic N) is 5. The van der Waals surface area contributed by atoms with Crippen molar-refractivity contribution >= 4 is 23.2 Å². The van der Waals surface area contributed by atoms with E-state index in [0.29, 0.717) is 23.7 Å². The number of rotatable bonds is 2. The van der Waals surface area contributed by atoms with Crippen molar-refractivity contribution in [1.82, 2.24) is 19.7 Å². The number of halogens is 1. The quantitative estimate of drug-likeness (QED) is 0.827. The molecule has 0 bridgehead atoms. The van der Waals surface area contributed by atoms with E-state index in [9.17, 15) is 4.79 Å². The number of aryl methyl sites for hydroxylation is 1. The van der Waals surface area contributed by atoms with Gasteiger partial charge in [-0.2, -0.15) is 0 Å². The molecule has 7 heteroatoms. The molecule has 2 aromatic rings. The highest BCUT2D eigenvalue weighted by Gasteiger charge is 2.29. The van der Waals surface area contributed by atoms with Crippen molar-refractivity contribution in [3.05, 3.63) is 40.4 Å². The molecular formula is C18H22ClN5O. The van der Waals surface area contributed by atoms with Crippen molar-refractivity contribution in [3.63, 3.8) is 0 Å². The van der Waals surface area contributed by atoms with E-state index in [1.54, 1.807) is 6.07 Å². The van der Waals surface area contributed by atoms with Gasteiger partial charge >= 0.3 is 0 Å². The Bertz CT molecular complexity index is 812. The SMILES string of the molecule is Cc1nnc2n1C(C)CN(C(=O)c1ccc(N3CCCC3)c(Cl)c1)C2. The molecule has 6 nitrogen and oxygen atoms in total. The Balaban J connectivity index is 1.56. The average Bonchev–Trinajstić information content (AvgIpc) is 3.24. The van der Waals surface area contributed by atoms with Crippen LogP contribution in [0.3, 0.4) is 0 Å². The highest BCUT2D eigenvalue weighted by molar-refractivity contribution is 6.33. The molecule has 3 heterocycles. The summed E-state index contributed by atoms with van der Waals surface area (Å²) < 4.78 is 2.10. The van der Waals surface area contributed by atoms with Crippen molar-refractivity contribution in [1.29, 1.82) is 0 Å². The summed E-state index contributed by atoms with van der Waals surface area (Å²) in [5.74, 6) is 1.73. The first-order chi connectivity index (χ1) is 12.0. The van der Waals surface area contributed by atoms with Crippen molar-refractivity contribution in [2.75, 3.05) is 24.5 Å². The second-order valence-corrected chi connectivity index (χ2v) is 7.34. The van der Waals surface area contributed by atoms with Crippen LogP contribution in [-0.4, -0.2) is 45.2 Å². The van der Waals surface area contributed by atoms with Gasteiger partial charge in [0.1, 0.15) is 5.82 Å². The summed E-state index contributed by atoms with van der Waals surface area (Å²) in [6.07, 6.45) is 2.39. The molecule has 1 saturated heterocycles. The van der Waals surface area contributed by atoms with E-state index in [0.717, 1.165) is 30.4 Å². The summed E-state index contributed by atoms with van der Waals surface area (Å²) >= 11 is 6.47. The lowest BCUT2D eigenvalue weighted by atomic mass is 10.1. The van der Waals surface area contributed by atoms with Crippen molar-refractivity contribution in [2.24, 2.45) is 0 Å². The average molecular weight is 360 g/mol. The lowest BCUT2D eigenvalue weighted by Gasteiger charge is -2.32. The number of fused-ring (bicyclic) bond motifs is 1. The number of carbonyl (C=O) groups is 1. The Morgan fingerprint density at radius 3 is 2.72 bits per heavy atom. The maximum atomic E-state index is 12.9. The Kier molecular flexibility index (Phi) is 4.15. The van der Waals surface area contributed by atoms with Gasteiger partial charge < -0.3 is 14.4 Å². The van der Waals surface area contributed by atoms with Gasteiger partial charge in [-0.3, -0.25) is 4.79 Å². The maximum absolute atomic E-state index is 12.9. The predicted octanol–water partition coefficient (Wildman–Crippen LogP) is 3.06. The first-order valence-corrected chi connectivity index (χ1v) is 9.16. The van der Waals surface area contributed by atoms with Gasteiger partial charge in [0.05, 0.1) is 23.3 Å². The van der Waals surface area contributed by atoms with Crippen LogP contribution in [0.25, 0.3) is 0 Å². The van der Waals surface area contributed by atoms with Crippen LogP contribution in [0, 0.1) is 6.92 Å². The molecule has 0 saturated carbocycles. The number of hydrogen-bond donors (Lipinski definition) is 0. The van der Waals surface area contributed by atoms with Crippen LogP contribution in [0.5, 0.6) is 0 Å². The van der Waals surface area contributed by atoms with E-state index in [4.69, 9.17) is 11.6 Å². The van der Waals surface area contributed by atoms with Gasteiger partial charge in [-0.25, -0.2) is 0 Å². The molecule has 2 aliphatic rings. The van der Waals surface area contributed by atoms with E-state index >= 15 is 0 Å². The van der Waals surface area contributed by atoms with Crippen molar-refractivity contribution in [3.8, 4) is 0 Å². The van der Waals surface area contributed by atoms with Crippen LogP contribution in [0.4, 0.5) is 5.69 Å². The Hall–Kier alpha value is -2.08. The Morgan fingerprint density at radius 1 is 1.24 bits per heavy atom. The molecule has 1 aromatic heterocycles. The van der Waals surface area contributed by atoms with Crippen LogP contribution in [-0.2, 0) is 6.54 Å². The van der Waals surface area contributed by atoms with E-state index in [1.807, 2.05) is 24.0 Å². The molecular weight excluding hydrogens is 338 g/mol. The van der Waals surface area contributed by atoms with E-state index in [1.165, 1.54) is 12.8 Å². The third-order valence-corrected chi connectivity index (χ3v) is 5.43. The molecule has 1 unspecified atom stereocenters.